The van der Waals surface area contributed by atoms with Crippen LogP contribution in [0.3, 0.4) is 0 Å². The maximum absolute atomic E-state index is 12.4. The Hall–Kier alpha value is -2.45. The van der Waals surface area contributed by atoms with Crippen LogP contribution in [0.2, 0.25) is 0 Å². The molecule has 0 atom stereocenters. The highest BCUT2D eigenvalue weighted by Crippen LogP contribution is 2.29. The van der Waals surface area contributed by atoms with Crippen LogP contribution in [0.25, 0.3) is 15.2 Å². The minimum atomic E-state index is -0.286. The summed E-state index contributed by atoms with van der Waals surface area (Å²) >= 11 is 5.00. The second-order valence-electron chi connectivity index (χ2n) is 5.06. The fraction of sp³-hybridized carbons (Fsp3) is 0.0625. The monoisotopic (exact) mass is 402 g/mol. The SMILES string of the molecule is COc1cncc(NC(=O)c2cn3c(n2)sc2cc(Br)ccc23)c1. The van der Waals surface area contributed by atoms with Crippen LogP contribution < -0.4 is 10.1 Å². The Morgan fingerprint density at radius 1 is 1.33 bits per heavy atom. The van der Waals surface area contributed by atoms with Crippen molar-refractivity contribution in [3.63, 3.8) is 0 Å². The predicted molar refractivity (Wildman–Crippen MR) is 97.0 cm³/mol. The Kier molecular flexibility index (Phi) is 3.70. The number of halogens is 1. The topological polar surface area (TPSA) is 68.5 Å². The van der Waals surface area contributed by atoms with E-state index in [1.54, 1.807) is 31.8 Å². The molecule has 0 radical (unpaired) electrons. The number of fused-ring (bicyclic) bond motifs is 3. The van der Waals surface area contributed by atoms with E-state index >= 15 is 0 Å². The van der Waals surface area contributed by atoms with E-state index < -0.39 is 0 Å². The standard InChI is InChI=1S/C16H11BrN4O2S/c1-23-11-5-10(6-18-7-11)19-15(22)12-8-21-13-3-2-9(17)4-14(13)24-16(21)20-12/h2-8H,1H3,(H,19,22). The van der Waals surface area contributed by atoms with Gasteiger partial charge in [0.2, 0.25) is 0 Å². The number of hydrogen-bond donors (Lipinski definition) is 1. The molecule has 4 aromatic rings. The number of amides is 1. The number of hydrogen-bond acceptors (Lipinski definition) is 5. The van der Waals surface area contributed by atoms with E-state index in [4.69, 9.17) is 4.74 Å². The molecule has 0 spiro atoms. The molecule has 1 amide bonds. The van der Waals surface area contributed by atoms with Crippen molar-refractivity contribution in [3.8, 4) is 5.75 Å². The van der Waals surface area contributed by atoms with Gasteiger partial charge in [-0.25, -0.2) is 4.98 Å². The van der Waals surface area contributed by atoms with Crippen LogP contribution in [0.5, 0.6) is 5.75 Å². The second kappa shape index (κ2) is 5.88. The zero-order valence-electron chi connectivity index (χ0n) is 12.5. The molecule has 3 heterocycles. The second-order valence-corrected chi connectivity index (χ2v) is 6.99. The van der Waals surface area contributed by atoms with Gasteiger partial charge in [-0.2, -0.15) is 0 Å². The van der Waals surface area contributed by atoms with E-state index in [1.165, 1.54) is 11.3 Å². The molecule has 6 nitrogen and oxygen atoms in total. The zero-order valence-corrected chi connectivity index (χ0v) is 14.9. The lowest BCUT2D eigenvalue weighted by molar-refractivity contribution is 0.102. The predicted octanol–water partition coefficient (Wildman–Crippen LogP) is 3.97. The Labute approximate surface area is 149 Å². The molecular weight excluding hydrogens is 392 g/mol. The lowest BCUT2D eigenvalue weighted by atomic mass is 10.3. The van der Waals surface area contributed by atoms with Gasteiger partial charge in [0.1, 0.15) is 11.4 Å². The van der Waals surface area contributed by atoms with Crippen LogP contribution in [0.4, 0.5) is 5.69 Å². The first-order valence-corrected chi connectivity index (χ1v) is 8.62. The van der Waals surface area contributed by atoms with Crippen molar-refractivity contribution < 1.29 is 9.53 Å². The molecule has 4 rings (SSSR count). The third kappa shape index (κ3) is 2.63. The van der Waals surface area contributed by atoms with Crippen molar-refractivity contribution in [1.29, 1.82) is 0 Å². The number of methoxy groups -OCH3 is 1. The Morgan fingerprint density at radius 2 is 2.21 bits per heavy atom. The number of nitrogens with zero attached hydrogens (tertiary/aromatic N) is 3. The van der Waals surface area contributed by atoms with Crippen molar-refractivity contribution >= 4 is 54.0 Å². The lowest BCUT2D eigenvalue weighted by Gasteiger charge is -2.04. The van der Waals surface area contributed by atoms with Crippen LogP contribution in [0.1, 0.15) is 10.5 Å². The Morgan fingerprint density at radius 3 is 3.04 bits per heavy atom. The minimum absolute atomic E-state index is 0.286. The molecule has 1 N–H and O–H groups in total. The van der Waals surface area contributed by atoms with Crippen molar-refractivity contribution in [2.45, 2.75) is 0 Å². The summed E-state index contributed by atoms with van der Waals surface area (Å²) < 4.78 is 9.15. The Balaban J connectivity index is 1.67. The summed E-state index contributed by atoms with van der Waals surface area (Å²) in [5, 5.41) is 2.78. The van der Waals surface area contributed by atoms with Gasteiger partial charge in [-0.3, -0.25) is 14.2 Å². The quantitative estimate of drug-likeness (QED) is 0.562. The third-order valence-electron chi connectivity index (χ3n) is 3.50. The van der Waals surface area contributed by atoms with Crippen molar-refractivity contribution in [2.75, 3.05) is 12.4 Å². The highest BCUT2D eigenvalue weighted by Gasteiger charge is 2.15. The van der Waals surface area contributed by atoms with Crippen LogP contribution in [-0.2, 0) is 0 Å². The summed E-state index contributed by atoms with van der Waals surface area (Å²) in [6.45, 7) is 0. The van der Waals surface area contributed by atoms with E-state index in [0.29, 0.717) is 17.1 Å². The van der Waals surface area contributed by atoms with E-state index in [1.807, 2.05) is 22.6 Å². The number of imidazole rings is 1. The average molecular weight is 403 g/mol. The molecule has 1 aromatic carbocycles. The van der Waals surface area contributed by atoms with E-state index in [0.717, 1.165) is 19.7 Å². The summed E-state index contributed by atoms with van der Waals surface area (Å²) in [5.41, 5.74) is 1.94. The summed E-state index contributed by atoms with van der Waals surface area (Å²) in [6, 6.07) is 7.71. The van der Waals surface area contributed by atoms with Crippen LogP contribution in [0.15, 0.2) is 47.3 Å². The lowest BCUT2D eigenvalue weighted by Crippen LogP contribution is -2.12. The molecule has 0 aliphatic heterocycles. The Bertz CT molecular complexity index is 1070. The highest BCUT2D eigenvalue weighted by atomic mass is 79.9. The molecule has 120 valence electrons. The minimum Gasteiger partial charge on any atom is -0.495 e. The largest absolute Gasteiger partial charge is 0.495 e. The maximum Gasteiger partial charge on any atom is 0.275 e. The first kappa shape index (κ1) is 15.1. The third-order valence-corrected chi connectivity index (χ3v) is 5.01. The van der Waals surface area contributed by atoms with Crippen LogP contribution in [-0.4, -0.2) is 27.4 Å². The molecule has 0 bridgehead atoms. The summed E-state index contributed by atoms with van der Waals surface area (Å²) in [7, 11) is 1.55. The molecule has 0 fully saturated rings. The van der Waals surface area contributed by atoms with Gasteiger partial charge >= 0.3 is 0 Å². The van der Waals surface area contributed by atoms with Crippen molar-refractivity contribution in [1.82, 2.24) is 14.4 Å². The zero-order chi connectivity index (χ0) is 16.7. The average Bonchev–Trinajstić information content (AvgIpc) is 3.12. The molecule has 3 aromatic heterocycles. The normalized spacial score (nSPS) is 11.1. The number of carbonyl (C=O) groups is 1. The highest BCUT2D eigenvalue weighted by molar-refractivity contribution is 9.10. The number of rotatable bonds is 3. The van der Waals surface area contributed by atoms with E-state index in [9.17, 15) is 4.79 Å². The number of thiazole rings is 1. The molecular formula is C16H11BrN4O2S. The summed E-state index contributed by atoms with van der Waals surface area (Å²) in [6.07, 6.45) is 4.88. The maximum atomic E-state index is 12.4. The molecule has 0 saturated carbocycles. The fourth-order valence-corrected chi connectivity index (χ4v) is 3.94. The number of nitrogens with one attached hydrogen (secondary N) is 1. The van der Waals surface area contributed by atoms with Gasteiger partial charge in [-0.05, 0) is 18.2 Å². The molecule has 0 aliphatic rings. The number of aromatic nitrogens is 3. The van der Waals surface area contributed by atoms with Crippen LogP contribution in [0, 0.1) is 0 Å². The van der Waals surface area contributed by atoms with Gasteiger partial charge in [0, 0.05) is 16.7 Å². The first-order chi connectivity index (χ1) is 11.6. The number of pyridine rings is 1. The van der Waals surface area contributed by atoms with Gasteiger partial charge < -0.3 is 10.1 Å². The smallest absolute Gasteiger partial charge is 0.275 e. The first-order valence-electron chi connectivity index (χ1n) is 7.01. The van der Waals surface area contributed by atoms with Crippen molar-refractivity contribution in [3.05, 3.63) is 53.0 Å². The van der Waals surface area contributed by atoms with Gasteiger partial charge in [0.25, 0.3) is 5.91 Å². The number of anilines is 1. The molecule has 0 unspecified atom stereocenters. The van der Waals surface area contributed by atoms with Crippen molar-refractivity contribution in [2.24, 2.45) is 0 Å². The molecule has 24 heavy (non-hydrogen) atoms. The summed E-state index contributed by atoms with van der Waals surface area (Å²) in [5.74, 6) is 0.293. The van der Waals surface area contributed by atoms with E-state index in [-0.39, 0.29) is 5.91 Å². The van der Waals surface area contributed by atoms with Gasteiger partial charge in [0.05, 0.1) is 35.4 Å². The molecule has 0 aliphatic carbocycles. The molecule has 0 saturated heterocycles. The van der Waals surface area contributed by atoms with Gasteiger partial charge in [-0.1, -0.05) is 27.3 Å². The molecule has 8 heteroatoms. The van der Waals surface area contributed by atoms with Crippen LogP contribution >= 0.6 is 27.3 Å². The van der Waals surface area contributed by atoms with Gasteiger partial charge in [0.15, 0.2) is 4.96 Å². The van der Waals surface area contributed by atoms with Gasteiger partial charge in [-0.15, -0.1) is 0 Å². The number of benzene rings is 1. The fourth-order valence-electron chi connectivity index (χ4n) is 2.38. The van der Waals surface area contributed by atoms with E-state index in [2.05, 4.69) is 31.2 Å². The number of ether oxygens (including phenoxy) is 1. The summed E-state index contributed by atoms with van der Waals surface area (Å²) in [4.78, 5) is 21.6. The number of carbonyl (C=O) groups excluding carboxylic acids is 1.